The molecule has 0 aliphatic rings. The van der Waals surface area contributed by atoms with E-state index in [-0.39, 0.29) is 5.91 Å². The standard InChI is InChI=1S/C18H22N2O/c1-14-8-6-7-11-16(14)20-18(2,17(19)21)13-12-15-9-4-3-5-10-15/h3-11,20H,12-13H2,1-2H3,(H2,19,21). The van der Waals surface area contributed by atoms with E-state index in [4.69, 9.17) is 5.73 Å². The van der Waals surface area contributed by atoms with Crippen LogP contribution >= 0.6 is 0 Å². The Morgan fingerprint density at radius 2 is 1.71 bits per heavy atom. The van der Waals surface area contributed by atoms with Gasteiger partial charge in [0.2, 0.25) is 5.91 Å². The molecule has 2 aromatic carbocycles. The molecular weight excluding hydrogens is 260 g/mol. The number of hydrogen-bond donors (Lipinski definition) is 2. The minimum absolute atomic E-state index is 0.332. The summed E-state index contributed by atoms with van der Waals surface area (Å²) in [5.74, 6) is -0.332. The van der Waals surface area contributed by atoms with E-state index in [2.05, 4.69) is 17.4 Å². The Balaban J connectivity index is 2.13. The van der Waals surface area contributed by atoms with E-state index in [1.807, 2.05) is 56.3 Å². The summed E-state index contributed by atoms with van der Waals surface area (Å²) in [4.78, 5) is 11.9. The number of aryl methyl sites for hydroxylation is 2. The van der Waals surface area contributed by atoms with Gasteiger partial charge < -0.3 is 11.1 Å². The molecule has 2 aromatic rings. The van der Waals surface area contributed by atoms with Crippen molar-refractivity contribution in [2.24, 2.45) is 5.73 Å². The van der Waals surface area contributed by atoms with Gasteiger partial charge in [-0.05, 0) is 43.9 Å². The van der Waals surface area contributed by atoms with E-state index >= 15 is 0 Å². The number of primary amides is 1. The lowest BCUT2D eigenvalue weighted by Crippen LogP contribution is -2.48. The lowest BCUT2D eigenvalue weighted by molar-refractivity contribution is -0.122. The number of benzene rings is 2. The van der Waals surface area contributed by atoms with Crippen LogP contribution in [-0.2, 0) is 11.2 Å². The molecule has 1 unspecified atom stereocenters. The summed E-state index contributed by atoms with van der Waals surface area (Å²) >= 11 is 0. The summed E-state index contributed by atoms with van der Waals surface area (Å²) in [6.45, 7) is 3.88. The minimum Gasteiger partial charge on any atom is -0.371 e. The van der Waals surface area contributed by atoms with Crippen LogP contribution in [0.2, 0.25) is 0 Å². The molecule has 0 radical (unpaired) electrons. The zero-order valence-corrected chi connectivity index (χ0v) is 12.6. The smallest absolute Gasteiger partial charge is 0.242 e. The van der Waals surface area contributed by atoms with Crippen molar-refractivity contribution in [1.82, 2.24) is 0 Å². The molecule has 0 aliphatic carbocycles. The molecule has 3 heteroatoms. The van der Waals surface area contributed by atoms with Gasteiger partial charge in [0.15, 0.2) is 0 Å². The summed E-state index contributed by atoms with van der Waals surface area (Å²) < 4.78 is 0. The molecule has 3 nitrogen and oxygen atoms in total. The lowest BCUT2D eigenvalue weighted by Gasteiger charge is -2.29. The van der Waals surface area contributed by atoms with Gasteiger partial charge in [0.05, 0.1) is 0 Å². The second-order valence-corrected chi connectivity index (χ2v) is 5.62. The van der Waals surface area contributed by atoms with Gasteiger partial charge >= 0.3 is 0 Å². The van der Waals surface area contributed by atoms with Crippen molar-refractivity contribution in [2.45, 2.75) is 32.2 Å². The number of nitrogens with two attached hydrogens (primary N) is 1. The lowest BCUT2D eigenvalue weighted by atomic mass is 9.91. The van der Waals surface area contributed by atoms with Crippen molar-refractivity contribution < 1.29 is 4.79 Å². The van der Waals surface area contributed by atoms with Crippen LogP contribution in [0.15, 0.2) is 54.6 Å². The molecule has 0 aromatic heterocycles. The van der Waals surface area contributed by atoms with Crippen LogP contribution in [0.5, 0.6) is 0 Å². The van der Waals surface area contributed by atoms with Gasteiger partial charge in [-0.15, -0.1) is 0 Å². The van der Waals surface area contributed by atoms with Crippen molar-refractivity contribution in [3.63, 3.8) is 0 Å². The maximum Gasteiger partial charge on any atom is 0.242 e. The molecule has 0 heterocycles. The SMILES string of the molecule is Cc1ccccc1NC(C)(CCc1ccccc1)C(N)=O. The Hall–Kier alpha value is -2.29. The average molecular weight is 282 g/mol. The second-order valence-electron chi connectivity index (χ2n) is 5.62. The molecule has 1 atom stereocenters. The van der Waals surface area contributed by atoms with E-state index in [0.717, 1.165) is 17.7 Å². The van der Waals surface area contributed by atoms with Gasteiger partial charge in [-0.25, -0.2) is 0 Å². The quantitative estimate of drug-likeness (QED) is 0.854. The number of carbonyl (C=O) groups is 1. The molecule has 21 heavy (non-hydrogen) atoms. The number of para-hydroxylation sites is 1. The van der Waals surface area contributed by atoms with Gasteiger partial charge in [-0.1, -0.05) is 48.5 Å². The van der Waals surface area contributed by atoms with Crippen LogP contribution in [0.25, 0.3) is 0 Å². The fourth-order valence-electron chi connectivity index (χ4n) is 2.30. The number of hydrogen-bond acceptors (Lipinski definition) is 2. The summed E-state index contributed by atoms with van der Waals surface area (Å²) in [7, 11) is 0. The summed E-state index contributed by atoms with van der Waals surface area (Å²) in [5.41, 5.74) is 8.13. The maximum absolute atomic E-state index is 11.9. The molecule has 0 saturated carbocycles. The van der Waals surface area contributed by atoms with Gasteiger partial charge in [-0.3, -0.25) is 4.79 Å². The third-order valence-electron chi connectivity index (χ3n) is 3.86. The first-order valence-electron chi connectivity index (χ1n) is 7.19. The highest BCUT2D eigenvalue weighted by molar-refractivity contribution is 5.87. The fraction of sp³-hybridized carbons (Fsp3) is 0.278. The van der Waals surface area contributed by atoms with Gasteiger partial charge in [0, 0.05) is 5.69 Å². The fourth-order valence-corrected chi connectivity index (χ4v) is 2.30. The van der Waals surface area contributed by atoms with Gasteiger partial charge in [-0.2, -0.15) is 0 Å². The monoisotopic (exact) mass is 282 g/mol. The predicted molar refractivity (Wildman–Crippen MR) is 87.2 cm³/mol. The molecular formula is C18H22N2O. The number of amides is 1. The Bertz CT molecular complexity index is 610. The topological polar surface area (TPSA) is 55.1 Å². The molecule has 0 bridgehead atoms. The van der Waals surface area contributed by atoms with E-state index in [9.17, 15) is 4.79 Å². The highest BCUT2D eigenvalue weighted by atomic mass is 16.1. The van der Waals surface area contributed by atoms with Crippen molar-refractivity contribution in [3.05, 3.63) is 65.7 Å². The minimum atomic E-state index is -0.762. The number of carbonyl (C=O) groups excluding carboxylic acids is 1. The molecule has 0 spiro atoms. The zero-order valence-electron chi connectivity index (χ0n) is 12.6. The first-order chi connectivity index (χ1) is 10.0. The molecule has 0 fully saturated rings. The average Bonchev–Trinajstić information content (AvgIpc) is 2.48. The molecule has 1 amide bonds. The Morgan fingerprint density at radius 3 is 2.33 bits per heavy atom. The van der Waals surface area contributed by atoms with Crippen LogP contribution in [-0.4, -0.2) is 11.4 Å². The number of nitrogens with one attached hydrogen (secondary N) is 1. The molecule has 0 saturated heterocycles. The molecule has 110 valence electrons. The maximum atomic E-state index is 11.9. The molecule has 2 rings (SSSR count). The zero-order chi connectivity index (χ0) is 15.3. The Labute approximate surface area is 126 Å². The summed E-state index contributed by atoms with van der Waals surface area (Å²) in [6, 6.07) is 18.0. The summed E-state index contributed by atoms with van der Waals surface area (Å²) in [5, 5.41) is 3.32. The molecule has 0 aliphatic heterocycles. The van der Waals surface area contributed by atoms with Gasteiger partial charge in [0.25, 0.3) is 0 Å². The Kier molecular flexibility index (Phi) is 4.63. The van der Waals surface area contributed by atoms with Crippen LogP contribution in [0, 0.1) is 6.92 Å². The van der Waals surface area contributed by atoms with Crippen LogP contribution < -0.4 is 11.1 Å². The van der Waals surface area contributed by atoms with E-state index < -0.39 is 5.54 Å². The van der Waals surface area contributed by atoms with Crippen molar-refractivity contribution >= 4 is 11.6 Å². The van der Waals surface area contributed by atoms with Crippen molar-refractivity contribution in [1.29, 1.82) is 0 Å². The third-order valence-corrected chi connectivity index (χ3v) is 3.86. The predicted octanol–water partition coefficient (Wildman–Crippen LogP) is 3.28. The van der Waals surface area contributed by atoms with Crippen LogP contribution in [0.1, 0.15) is 24.5 Å². The van der Waals surface area contributed by atoms with Gasteiger partial charge in [0.1, 0.15) is 5.54 Å². The van der Waals surface area contributed by atoms with Crippen LogP contribution in [0.4, 0.5) is 5.69 Å². The second kappa shape index (κ2) is 6.44. The normalized spacial score (nSPS) is 13.4. The largest absolute Gasteiger partial charge is 0.371 e. The highest BCUT2D eigenvalue weighted by Crippen LogP contribution is 2.23. The van der Waals surface area contributed by atoms with E-state index in [1.54, 1.807) is 0 Å². The van der Waals surface area contributed by atoms with Crippen molar-refractivity contribution in [2.75, 3.05) is 5.32 Å². The van der Waals surface area contributed by atoms with Crippen LogP contribution in [0.3, 0.4) is 0 Å². The summed E-state index contributed by atoms with van der Waals surface area (Å²) in [6.07, 6.45) is 1.46. The highest BCUT2D eigenvalue weighted by Gasteiger charge is 2.30. The number of anilines is 1. The third kappa shape index (κ3) is 3.85. The van der Waals surface area contributed by atoms with Crippen molar-refractivity contribution in [3.8, 4) is 0 Å². The van der Waals surface area contributed by atoms with E-state index in [0.29, 0.717) is 6.42 Å². The number of rotatable bonds is 6. The Morgan fingerprint density at radius 1 is 1.10 bits per heavy atom. The molecule has 3 N–H and O–H groups in total. The van der Waals surface area contributed by atoms with E-state index in [1.165, 1.54) is 5.56 Å². The first kappa shape index (κ1) is 15.1. The first-order valence-corrected chi connectivity index (χ1v) is 7.19.